The summed E-state index contributed by atoms with van der Waals surface area (Å²) < 4.78 is 5.07. The number of likely N-dealkylation sites (tertiary alicyclic amines) is 1. The Labute approximate surface area is 96.6 Å². The summed E-state index contributed by atoms with van der Waals surface area (Å²) in [5.41, 5.74) is 0. The van der Waals surface area contributed by atoms with Gasteiger partial charge in [-0.3, -0.25) is 0 Å². The highest BCUT2D eigenvalue weighted by molar-refractivity contribution is 5.37. The van der Waals surface area contributed by atoms with Crippen molar-refractivity contribution in [2.45, 2.75) is 18.9 Å². The molecule has 1 aliphatic heterocycles. The molecule has 4 heteroatoms. The fraction of sp³-hybridized carbons (Fsp3) is 0.583. The maximum atomic E-state index is 5.07. The lowest BCUT2D eigenvalue weighted by atomic mass is 10.2. The van der Waals surface area contributed by atoms with Gasteiger partial charge < -0.3 is 15.0 Å². The maximum Gasteiger partial charge on any atom is 0.137 e. The molecule has 0 bridgehead atoms. The van der Waals surface area contributed by atoms with E-state index < -0.39 is 0 Å². The van der Waals surface area contributed by atoms with Crippen LogP contribution in [-0.2, 0) is 0 Å². The van der Waals surface area contributed by atoms with Gasteiger partial charge in [-0.15, -0.1) is 0 Å². The number of nitrogens with one attached hydrogen (secondary N) is 1. The molecule has 1 unspecified atom stereocenters. The van der Waals surface area contributed by atoms with Gasteiger partial charge in [-0.05, 0) is 38.6 Å². The van der Waals surface area contributed by atoms with Crippen LogP contribution in [0, 0.1) is 0 Å². The molecule has 0 aromatic carbocycles. The van der Waals surface area contributed by atoms with Crippen LogP contribution in [0.1, 0.15) is 12.8 Å². The molecule has 0 saturated carbocycles. The summed E-state index contributed by atoms with van der Waals surface area (Å²) in [4.78, 5) is 6.68. The predicted octanol–water partition coefficient (Wildman–Crippen LogP) is 1.60. The van der Waals surface area contributed by atoms with E-state index in [0.29, 0.717) is 6.04 Å². The summed E-state index contributed by atoms with van der Waals surface area (Å²) in [6.07, 6.45) is 4.32. The molecule has 2 rings (SSSR count). The lowest BCUT2D eigenvalue weighted by Gasteiger charge is -2.19. The van der Waals surface area contributed by atoms with Crippen LogP contribution in [0.5, 0.6) is 5.75 Å². The highest BCUT2D eigenvalue weighted by atomic mass is 16.5. The van der Waals surface area contributed by atoms with Gasteiger partial charge >= 0.3 is 0 Å². The summed E-state index contributed by atoms with van der Waals surface area (Å²) in [5.74, 6) is 1.71. The minimum absolute atomic E-state index is 0.643. The molecule has 16 heavy (non-hydrogen) atoms. The highest BCUT2D eigenvalue weighted by Crippen LogP contribution is 2.16. The molecule has 1 aromatic rings. The molecular formula is C12H19N3O. The standard InChI is InChI=1S/C12H19N3O/c1-15-7-3-4-10(15)8-13-12-6-5-11(16-2)9-14-12/h5-6,9-10H,3-4,7-8H2,1-2H3,(H,13,14). The molecule has 1 fully saturated rings. The monoisotopic (exact) mass is 221 g/mol. The van der Waals surface area contributed by atoms with E-state index in [1.807, 2.05) is 12.1 Å². The minimum Gasteiger partial charge on any atom is -0.495 e. The van der Waals surface area contributed by atoms with Crippen molar-refractivity contribution in [1.82, 2.24) is 9.88 Å². The van der Waals surface area contributed by atoms with E-state index in [0.717, 1.165) is 18.1 Å². The second-order valence-corrected chi connectivity index (χ2v) is 4.24. The third-order valence-corrected chi connectivity index (χ3v) is 3.16. The average molecular weight is 221 g/mol. The Balaban J connectivity index is 1.84. The van der Waals surface area contributed by atoms with E-state index >= 15 is 0 Å². The van der Waals surface area contributed by atoms with Crippen molar-refractivity contribution in [3.63, 3.8) is 0 Å². The molecule has 0 spiro atoms. The van der Waals surface area contributed by atoms with Crippen molar-refractivity contribution in [3.8, 4) is 5.75 Å². The number of anilines is 1. The highest BCUT2D eigenvalue weighted by Gasteiger charge is 2.20. The molecule has 0 aliphatic carbocycles. The van der Waals surface area contributed by atoms with Crippen molar-refractivity contribution in [1.29, 1.82) is 0 Å². The summed E-state index contributed by atoms with van der Waals surface area (Å²) in [5, 5.41) is 3.36. The second-order valence-electron chi connectivity index (χ2n) is 4.24. The SMILES string of the molecule is COc1ccc(NCC2CCCN2C)nc1. The van der Waals surface area contributed by atoms with Crippen LogP contribution in [0.15, 0.2) is 18.3 Å². The van der Waals surface area contributed by atoms with Crippen LogP contribution >= 0.6 is 0 Å². The van der Waals surface area contributed by atoms with Gasteiger partial charge in [-0.25, -0.2) is 4.98 Å². The first-order valence-electron chi connectivity index (χ1n) is 5.74. The quantitative estimate of drug-likeness (QED) is 0.838. The van der Waals surface area contributed by atoms with E-state index in [4.69, 9.17) is 4.74 Å². The number of ether oxygens (including phenoxy) is 1. The number of nitrogens with zero attached hydrogens (tertiary/aromatic N) is 2. The Kier molecular flexibility index (Phi) is 3.62. The zero-order valence-electron chi connectivity index (χ0n) is 9.94. The van der Waals surface area contributed by atoms with Gasteiger partial charge in [0.1, 0.15) is 11.6 Å². The fourth-order valence-corrected chi connectivity index (χ4v) is 2.07. The van der Waals surface area contributed by atoms with Crippen molar-refractivity contribution in [2.24, 2.45) is 0 Å². The fourth-order valence-electron chi connectivity index (χ4n) is 2.07. The number of methoxy groups -OCH3 is 1. The Morgan fingerprint density at radius 3 is 3.00 bits per heavy atom. The zero-order valence-corrected chi connectivity index (χ0v) is 9.94. The van der Waals surface area contributed by atoms with E-state index in [9.17, 15) is 0 Å². The average Bonchev–Trinajstić information content (AvgIpc) is 2.73. The van der Waals surface area contributed by atoms with Crippen molar-refractivity contribution in [2.75, 3.05) is 32.6 Å². The predicted molar refractivity (Wildman–Crippen MR) is 64.9 cm³/mol. The van der Waals surface area contributed by atoms with Crippen molar-refractivity contribution < 1.29 is 4.74 Å². The van der Waals surface area contributed by atoms with Gasteiger partial charge in [0.15, 0.2) is 0 Å². The molecule has 1 N–H and O–H groups in total. The van der Waals surface area contributed by atoms with Gasteiger partial charge in [0.2, 0.25) is 0 Å². The van der Waals surface area contributed by atoms with E-state index in [-0.39, 0.29) is 0 Å². The summed E-state index contributed by atoms with van der Waals surface area (Å²) in [7, 11) is 3.83. The van der Waals surface area contributed by atoms with Gasteiger partial charge in [0.05, 0.1) is 13.3 Å². The van der Waals surface area contributed by atoms with Crippen LogP contribution < -0.4 is 10.1 Å². The summed E-state index contributed by atoms with van der Waals surface area (Å²) in [6, 6.07) is 4.52. The Bertz CT molecular complexity index is 326. The molecule has 1 saturated heterocycles. The van der Waals surface area contributed by atoms with Crippen LogP contribution in [0.2, 0.25) is 0 Å². The van der Waals surface area contributed by atoms with Crippen LogP contribution in [0.4, 0.5) is 5.82 Å². The van der Waals surface area contributed by atoms with Crippen molar-refractivity contribution >= 4 is 5.82 Å². The smallest absolute Gasteiger partial charge is 0.137 e. The third-order valence-electron chi connectivity index (χ3n) is 3.16. The number of pyridine rings is 1. The second kappa shape index (κ2) is 5.16. The Morgan fingerprint density at radius 2 is 2.44 bits per heavy atom. The first-order valence-corrected chi connectivity index (χ1v) is 5.74. The molecule has 4 nitrogen and oxygen atoms in total. The molecular weight excluding hydrogens is 202 g/mol. The lowest BCUT2D eigenvalue weighted by molar-refractivity contribution is 0.322. The van der Waals surface area contributed by atoms with E-state index in [1.165, 1.54) is 19.4 Å². The van der Waals surface area contributed by atoms with Gasteiger partial charge in [-0.2, -0.15) is 0 Å². The van der Waals surface area contributed by atoms with Gasteiger partial charge in [0, 0.05) is 12.6 Å². The lowest BCUT2D eigenvalue weighted by Crippen LogP contribution is -2.31. The molecule has 0 radical (unpaired) electrons. The first-order chi connectivity index (χ1) is 7.79. The summed E-state index contributed by atoms with van der Waals surface area (Å²) in [6.45, 7) is 2.18. The maximum absolute atomic E-state index is 5.07. The Morgan fingerprint density at radius 1 is 1.56 bits per heavy atom. The number of hydrogen-bond donors (Lipinski definition) is 1. The van der Waals surface area contributed by atoms with Gasteiger partial charge in [0.25, 0.3) is 0 Å². The number of aromatic nitrogens is 1. The van der Waals surface area contributed by atoms with Gasteiger partial charge in [-0.1, -0.05) is 0 Å². The molecule has 2 heterocycles. The largest absolute Gasteiger partial charge is 0.495 e. The third kappa shape index (κ3) is 2.64. The van der Waals surface area contributed by atoms with Crippen molar-refractivity contribution in [3.05, 3.63) is 18.3 Å². The molecule has 1 aromatic heterocycles. The molecule has 1 atom stereocenters. The first kappa shape index (κ1) is 11.2. The normalized spacial score (nSPS) is 21.0. The summed E-state index contributed by atoms with van der Waals surface area (Å²) >= 11 is 0. The number of likely N-dealkylation sites (N-methyl/N-ethyl adjacent to an activating group) is 1. The minimum atomic E-state index is 0.643. The van der Waals surface area contributed by atoms with Crippen LogP contribution in [0.3, 0.4) is 0 Å². The molecule has 88 valence electrons. The van der Waals surface area contributed by atoms with Crippen LogP contribution in [-0.4, -0.2) is 43.2 Å². The Hall–Kier alpha value is -1.29. The molecule has 1 aliphatic rings. The zero-order chi connectivity index (χ0) is 11.4. The van der Waals surface area contributed by atoms with E-state index in [2.05, 4.69) is 22.2 Å². The molecule has 0 amide bonds. The van der Waals surface area contributed by atoms with E-state index in [1.54, 1.807) is 13.3 Å². The number of hydrogen-bond acceptors (Lipinski definition) is 4. The topological polar surface area (TPSA) is 37.4 Å². The number of rotatable bonds is 4. The van der Waals surface area contributed by atoms with Crippen LogP contribution in [0.25, 0.3) is 0 Å².